The van der Waals surface area contributed by atoms with E-state index in [-0.39, 0.29) is 5.75 Å². The molecule has 0 bridgehead atoms. The van der Waals surface area contributed by atoms with Gasteiger partial charge < -0.3 is 14.6 Å². The van der Waals surface area contributed by atoms with Crippen LogP contribution in [0.25, 0.3) is 0 Å². The number of aryl methyl sites for hydroxylation is 1. The van der Waals surface area contributed by atoms with Gasteiger partial charge in [0.25, 0.3) is 0 Å². The number of rotatable bonds is 4. The van der Waals surface area contributed by atoms with Crippen molar-refractivity contribution in [2.45, 2.75) is 26.8 Å². The molecule has 0 aliphatic carbocycles. The molecule has 0 fully saturated rings. The molecule has 0 amide bonds. The Morgan fingerprint density at radius 1 is 1.19 bits per heavy atom. The van der Waals surface area contributed by atoms with Gasteiger partial charge in [-0.15, -0.1) is 13.2 Å². The smallest absolute Gasteiger partial charge is 0.406 e. The SMILES string of the molecule is Cc1cc(CNc2cccc(OC(F)(F)F)c2)c(C)n1C. The van der Waals surface area contributed by atoms with Gasteiger partial charge in [-0.2, -0.15) is 0 Å². The van der Waals surface area contributed by atoms with Gasteiger partial charge in [-0.25, -0.2) is 0 Å². The van der Waals surface area contributed by atoms with Gasteiger partial charge >= 0.3 is 6.36 Å². The number of hydrogen-bond donors (Lipinski definition) is 1. The number of aromatic nitrogens is 1. The van der Waals surface area contributed by atoms with Crippen LogP contribution in [0.4, 0.5) is 18.9 Å². The van der Waals surface area contributed by atoms with E-state index in [0.29, 0.717) is 12.2 Å². The molecule has 0 unspecified atom stereocenters. The van der Waals surface area contributed by atoms with Crippen molar-refractivity contribution < 1.29 is 17.9 Å². The predicted octanol–water partition coefficient (Wildman–Crippen LogP) is 4.15. The summed E-state index contributed by atoms with van der Waals surface area (Å²) >= 11 is 0. The lowest BCUT2D eigenvalue weighted by molar-refractivity contribution is -0.274. The van der Waals surface area contributed by atoms with Gasteiger partial charge in [-0.1, -0.05) is 6.07 Å². The average Bonchev–Trinajstić information content (AvgIpc) is 2.62. The summed E-state index contributed by atoms with van der Waals surface area (Å²) in [5.74, 6) is -0.228. The number of ether oxygens (including phenoxy) is 1. The van der Waals surface area contributed by atoms with Crippen LogP contribution < -0.4 is 10.1 Å². The third kappa shape index (κ3) is 3.93. The van der Waals surface area contributed by atoms with Crippen molar-refractivity contribution in [1.82, 2.24) is 4.57 Å². The Morgan fingerprint density at radius 2 is 1.90 bits per heavy atom. The molecule has 2 rings (SSSR count). The summed E-state index contributed by atoms with van der Waals surface area (Å²) in [4.78, 5) is 0. The lowest BCUT2D eigenvalue weighted by Gasteiger charge is -2.11. The molecule has 2 aromatic rings. The normalized spacial score (nSPS) is 11.5. The molecule has 1 heterocycles. The fourth-order valence-corrected chi connectivity index (χ4v) is 2.11. The van der Waals surface area contributed by atoms with Gasteiger partial charge in [0.05, 0.1) is 0 Å². The Labute approximate surface area is 121 Å². The molecule has 0 radical (unpaired) electrons. The first kappa shape index (κ1) is 15.3. The van der Waals surface area contributed by atoms with E-state index in [2.05, 4.69) is 20.7 Å². The number of benzene rings is 1. The average molecular weight is 298 g/mol. The first-order valence-corrected chi connectivity index (χ1v) is 6.48. The third-order valence-electron chi connectivity index (χ3n) is 3.43. The zero-order valence-electron chi connectivity index (χ0n) is 12.1. The van der Waals surface area contributed by atoms with Crippen LogP contribution in [-0.2, 0) is 13.6 Å². The molecular weight excluding hydrogens is 281 g/mol. The van der Waals surface area contributed by atoms with Crippen molar-refractivity contribution in [2.75, 3.05) is 5.32 Å². The minimum Gasteiger partial charge on any atom is -0.406 e. The van der Waals surface area contributed by atoms with Gasteiger partial charge in [0.2, 0.25) is 0 Å². The minimum absolute atomic E-state index is 0.228. The van der Waals surface area contributed by atoms with Crippen molar-refractivity contribution in [3.05, 3.63) is 47.3 Å². The molecule has 21 heavy (non-hydrogen) atoms. The third-order valence-corrected chi connectivity index (χ3v) is 3.43. The highest BCUT2D eigenvalue weighted by atomic mass is 19.4. The Balaban J connectivity index is 2.06. The predicted molar refractivity (Wildman–Crippen MR) is 75.3 cm³/mol. The van der Waals surface area contributed by atoms with Crippen molar-refractivity contribution in [3.63, 3.8) is 0 Å². The van der Waals surface area contributed by atoms with E-state index in [4.69, 9.17) is 0 Å². The molecule has 0 aliphatic rings. The van der Waals surface area contributed by atoms with Crippen LogP contribution in [0.1, 0.15) is 17.0 Å². The van der Waals surface area contributed by atoms with E-state index in [0.717, 1.165) is 17.0 Å². The van der Waals surface area contributed by atoms with Crippen LogP contribution in [0.3, 0.4) is 0 Å². The maximum atomic E-state index is 12.2. The molecular formula is C15H17F3N2O. The highest BCUT2D eigenvalue weighted by Gasteiger charge is 2.31. The number of halogens is 3. The van der Waals surface area contributed by atoms with Crippen LogP contribution in [0.2, 0.25) is 0 Å². The molecule has 6 heteroatoms. The van der Waals surface area contributed by atoms with E-state index < -0.39 is 6.36 Å². The van der Waals surface area contributed by atoms with Crippen LogP contribution in [0.5, 0.6) is 5.75 Å². The van der Waals surface area contributed by atoms with E-state index in [1.165, 1.54) is 18.2 Å². The first-order valence-electron chi connectivity index (χ1n) is 6.48. The van der Waals surface area contributed by atoms with Crippen molar-refractivity contribution in [3.8, 4) is 5.75 Å². The summed E-state index contributed by atoms with van der Waals surface area (Å²) in [6.07, 6.45) is -4.67. The minimum atomic E-state index is -4.67. The largest absolute Gasteiger partial charge is 0.573 e. The summed E-state index contributed by atoms with van der Waals surface area (Å²) in [6, 6.07) is 7.88. The van der Waals surface area contributed by atoms with Crippen LogP contribution in [-0.4, -0.2) is 10.9 Å². The molecule has 1 aromatic carbocycles. The van der Waals surface area contributed by atoms with Crippen LogP contribution >= 0.6 is 0 Å². The topological polar surface area (TPSA) is 26.2 Å². The number of nitrogens with zero attached hydrogens (tertiary/aromatic N) is 1. The number of alkyl halides is 3. The van der Waals surface area contributed by atoms with Gasteiger partial charge in [-0.3, -0.25) is 0 Å². The molecule has 0 saturated carbocycles. The van der Waals surface area contributed by atoms with Gasteiger partial charge in [0.1, 0.15) is 5.75 Å². The fourth-order valence-electron chi connectivity index (χ4n) is 2.11. The van der Waals surface area contributed by atoms with E-state index >= 15 is 0 Å². The molecule has 0 aliphatic heterocycles. The second-order valence-electron chi connectivity index (χ2n) is 4.88. The first-order chi connectivity index (χ1) is 9.76. The fraction of sp³-hybridized carbons (Fsp3) is 0.333. The summed E-state index contributed by atoms with van der Waals surface area (Å²) in [7, 11) is 1.98. The standard InChI is InChI=1S/C15H17F3N2O/c1-10-7-12(11(2)20(10)3)9-19-13-5-4-6-14(8-13)21-15(16,17)18/h4-8,19H,9H2,1-3H3. The molecule has 1 N–H and O–H groups in total. The quantitative estimate of drug-likeness (QED) is 0.917. The van der Waals surface area contributed by atoms with E-state index in [9.17, 15) is 13.2 Å². The maximum absolute atomic E-state index is 12.2. The van der Waals surface area contributed by atoms with Crippen molar-refractivity contribution in [1.29, 1.82) is 0 Å². The summed E-state index contributed by atoms with van der Waals surface area (Å²) in [5, 5.41) is 3.11. The number of nitrogens with one attached hydrogen (secondary N) is 1. The van der Waals surface area contributed by atoms with Crippen LogP contribution in [0, 0.1) is 13.8 Å². The monoisotopic (exact) mass is 298 g/mol. The molecule has 3 nitrogen and oxygen atoms in total. The van der Waals surface area contributed by atoms with Gasteiger partial charge in [-0.05, 0) is 37.6 Å². The Morgan fingerprint density at radius 3 is 2.48 bits per heavy atom. The van der Waals surface area contributed by atoms with E-state index in [1.807, 2.05) is 20.9 Å². The number of anilines is 1. The zero-order valence-corrected chi connectivity index (χ0v) is 12.1. The van der Waals surface area contributed by atoms with Gasteiger partial charge in [0, 0.05) is 36.7 Å². The van der Waals surface area contributed by atoms with Crippen molar-refractivity contribution >= 4 is 5.69 Å². The Kier molecular flexibility index (Phi) is 4.16. The zero-order chi connectivity index (χ0) is 15.6. The second kappa shape index (κ2) is 5.71. The van der Waals surface area contributed by atoms with E-state index in [1.54, 1.807) is 6.07 Å². The number of hydrogen-bond acceptors (Lipinski definition) is 2. The molecule has 1 aromatic heterocycles. The molecule has 114 valence electrons. The molecule has 0 spiro atoms. The summed E-state index contributed by atoms with van der Waals surface area (Å²) in [5.41, 5.74) is 3.95. The highest BCUT2D eigenvalue weighted by Crippen LogP contribution is 2.25. The Bertz CT molecular complexity index is 632. The lowest BCUT2D eigenvalue weighted by Crippen LogP contribution is -2.17. The van der Waals surface area contributed by atoms with Crippen LogP contribution in [0.15, 0.2) is 30.3 Å². The second-order valence-corrected chi connectivity index (χ2v) is 4.88. The van der Waals surface area contributed by atoms with Crippen molar-refractivity contribution in [2.24, 2.45) is 7.05 Å². The molecule has 0 saturated heterocycles. The lowest BCUT2D eigenvalue weighted by atomic mass is 10.2. The summed E-state index contributed by atoms with van der Waals surface area (Å²) < 4.78 is 42.5. The molecule has 0 atom stereocenters. The van der Waals surface area contributed by atoms with Gasteiger partial charge in [0.15, 0.2) is 0 Å². The maximum Gasteiger partial charge on any atom is 0.573 e. The highest BCUT2D eigenvalue weighted by molar-refractivity contribution is 5.49. The Hall–Kier alpha value is -2.11. The summed E-state index contributed by atoms with van der Waals surface area (Å²) in [6.45, 7) is 4.56.